The van der Waals surface area contributed by atoms with Gasteiger partial charge in [0.15, 0.2) is 5.03 Å². The second-order valence-corrected chi connectivity index (χ2v) is 6.14. The Morgan fingerprint density at radius 1 is 1.29 bits per heavy atom. The molecule has 0 fully saturated rings. The van der Waals surface area contributed by atoms with Gasteiger partial charge in [0.25, 0.3) is 10.0 Å². The summed E-state index contributed by atoms with van der Waals surface area (Å²) in [7, 11) is -3.91. The Labute approximate surface area is 122 Å². The van der Waals surface area contributed by atoms with E-state index in [0.717, 1.165) is 5.56 Å². The summed E-state index contributed by atoms with van der Waals surface area (Å²) in [6.07, 6.45) is 1.91. The van der Waals surface area contributed by atoms with Crippen LogP contribution < -0.4 is 4.72 Å². The molecule has 7 nitrogen and oxygen atoms in total. The molecule has 0 saturated heterocycles. The number of carbonyl (C=O) groups is 1. The van der Waals surface area contributed by atoms with Gasteiger partial charge in [-0.25, -0.2) is 8.42 Å². The van der Waals surface area contributed by atoms with Gasteiger partial charge in [-0.2, -0.15) is 9.82 Å². The van der Waals surface area contributed by atoms with Gasteiger partial charge in [-0.05, 0) is 24.5 Å². The van der Waals surface area contributed by atoms with Gasteiger partial charge in [0, 0.05) is 0 Å². The molecular weight excluding hydrogens is 294 g/mol. The number of hydrogen-bond acceptors (Lipinski definition) is 4. The van der Waals surface area contributed by atoms with Crippen molar-refractivity contribution in [3.63, 3.8) is 0 Å². The van der Waals surface area contributed by atoms with Crippen LogP contribution >= 0.6 is 0 Å². The molecule has 0 aliphatic carbocycles. The van der Waals surface area contributed by atoms with Crippen molar-refractivity contribution in [1.82, 2.24) is 14.9 Å². The number of aliphatic carboxylic acids is 1. The number of nitrogens with zero attached hydrogens (tertiary/aromatic N) is 1. The van der Waals surface area contributed by atoms with E-state index >= 15 is 0 Å². The zero-order valence-electron chi connectivity index (χ0n) is 11.1. The second kappa shape index (κ2) is 6.51. The molecule has 1 atom stereocenters. The van der Waals surface area contributed by atoms with Gasteiger partial charge < -0.3 is 5.11 Å². The molecule has 0 amide bonds. The highest BCUT2D eigenvalue weighted by Gasteiger charge is 2.25. The van der Waals surface area contributed by atoms with Crippen molar-refractivity contribution < 1.29 is 18.3 Å². The Bertz CT molecular complexity index is 683. The zero-order valence-corrected chi connectivity index (χ0v) is 11.9. The standard InChI is InChI=1S/C13H15N3O4S/c17-13(18)11(7-6-10-4-2-1-3-5-10)16-21(19,20)12-8-9-14-15-12/h1-5,8-9,11,16H,6-7H2,(H,14,15)(H,17,18)/t11-/m0/s1. The molecule has 0 bridgehead atoms. The molecule has 112 valence electrons. The molecule has 0 unspecified atom stereocenters. The summed E-state index contributed by atoms with van der Waals surface area (Å²) >= 11 is 0. The quantitative estimate of drug-likeness (QED) is 0.699. The Kier molecular flexibility index (Phi) is 4.71. The van der Waals surface area contributed by atoms with Crippen molar-refractivity contribution in [2.45, 2.75) is 23.9 Å². The van der Waals surface area contributed by atoms with Crippen LogP contribution in [0.5, 0.6) is 0 Å². The van der Waals surface area contributed by atoms with Crippen LogP contribution in [0.15, 0.2) is 47.6 Å². The van der Waals surface area contributed by atoms with Gasteiger partial charge in [0.05, 0.1) is 6.20 Å². The molecule has 1 aromatic carbocycles. The van der Waals surface area contributed by atoms with E-state index in [1.165, 1.54) is 12.3 Å². The van der Waals surface area contributed by atoms with E-state index in [1.807, 2.05) is 30.3 Å². The van der Waals surface area contributed by atoms with Crippen molar-refractivity contribution in [1.29, 1.82) is 0 Å². The molecule has 1 aromatic heterocycles. The van der Waals surface area contributed by atoms with Crippen LogP contribution in [0.1, 0.15) is 12.0 Å². The first-order chi connectivity index (χ1) is 9.99. The van der Waals surface area contributed by atoms with Crippen LogP contribution in [0.3, 0.4) is 0 Å². The summed E-state index contributed by atoms with van der Waals surface area (Å²) in [5, 5.41) is 14.8. The first-order valence-corrected chi connectivity index (χ1v) is 7.76. The molecule has 0 radical (unpaired) electrons. The van der Waals surface area contributed by atoms with Gasteiger partial charge in [0.1, 0.15) is 6.04 Å². The minimum atomic E-state index is -3.91. The predicted molar refractivity (Wildman–Crippen MR) is 75.1 cm³/mol. The van der Waals surface area contributed by atoms with Crippen LogP contribution in [0.25, 0.3) is 0 Å². The highest BCUT2D eigenvalue weighted by molar-refractivity contribution is 7.89. The number of nitrogens with one attached hydrogen (secondary N) is 2. The summed E-state index contributed by atoms with van der Waals surface area (Å²) in [6, 6.07) is 9.35. The van der Waals surface area contributed by atoms with Gasteiger partial charge in [-0.15, -0.1) is 0 Å². The number of carboxylic acids is 1. The van der Waals surface area contributed by atoms with Crippen LogP contribution in [-0.2, 0) is 21.2 Å². The molecule has 2 rings (SSSR count). The fraction of sp³-hybridized carbons (Fsp3) is 0.231. The van der Waals surface area contributed by atoms with Crippen molar-refractivity contribution >= 4 is 16.0 Å². The fourth-order valence-corrected chi connectivity index (χ4v) is 2.97. The van der Waals surface area contributed by atoms with Crippen LogP contribution in [0, 0.1) is 0 Å². The van der Waals surface area contributed by atoms with Crippen molar-refractivity contribution in [2.24, 2.45) is 0 Å². The lowest BCUT2D eigenvalue weighted by molar-refractivity contribution is -0.139. The molecule has 3 N–H and O–H groups in total. The molecule has 0 saturated carbocycles. The third-order valence-electron chi connectivity index (χ3n) is 2.92. The van der Waals surface area contributed by atoms with Crippen LogP contribution in [0.2, 0.25) is 0 Å². The molecular formula is C13H15N3O4S. The van der Waals surface area contributed by atoms with Crippen LogP contribution in [-0.4, -0.2) is 35.7 Å². The molecule has 21 heavy (non-hydrogen) atoms. The lowest BCUT2D eigenvalue weighted by atomic mass is 10.1. The van der Waals surface area contributed by atoms with E-state index in [-0.39, 0.29) is 11.4 Å². The van der Waals surface area contributed by atoms with Crippen molar-refractivity contribution in [3.8, 4) is 0 Å². The maximum atomic E-state index is 12.0. The third kappa shape index (κ3) is 4.14. The van der Waals surface area contributed by atoms with E-state index in [0.29, 0.717) is 6.42 Å². The van der Waals surface area contributed by atoms with Gasteiger partial charge in [-0.3, -0.25) is 9.89 Å². The molecule has 2 aromatic rings. The Hall–Kier alpha value is -2.19. The number of aromatic amines is 1. The van der Waals surface area contributed by atoms with Crippen molar-refractivity contribution in [3.05, 3.63) is 48.2 Å². The topological polar surface area (TPSA) is 112 Å². The molecule has 8 heteroatoms. The maximum Gasteiger partial charge on any atom is 0.321 e. The first-order valence-electron chi connectivity index (χ1n) is 6.27. The van der Waals surface area contributed by atoms with Crippen molar-refractivity contribution in [2.75, 3.05) is 0 Å². The summed E-state index contributed by atoms with van der Waals surface area (Å²) in [4.78, 5) is 11.2. The number of aryl methyl sites for hydroxylation is 1. The number of aromatic nitrogens is 2. The first kappa shape index (κ1) is 15.2. The van der Waals surface area contributed by atoms with Gasteiger partial charge in [0.2, 0.25) is 0 Å². The fourth-order valence-electron chi connectivity index (χ4n) is 1.83. The lowest BCUT2D eigenvalue weighted by Gasteiger charge is -2.13. The SMILES string of the molecule is O=C(O)[C@H](CCc1ccccc1)NS(=O)(=O)c1ccn[nH]1. The number of carboxylic acid groups (broad SMARTS) is 1. The smallest absolute Gasteiger partial charge is 0.321 e. The summed E-state index contributed by atoms with van der Waals surface area (Å²) in [6.45, 7) is 0. The Balaban J connectivity index is 2.05. The second-order valence-electron chi connectivity index (χ2n) is 4.46. The summed E-state index contributed by atoms with van der Waals surface area (Å²) < 4.78 is 26.1. The minimum absolute atomic E-state index is 0.159. The van der Waals surface area contributed by atoms with E-state index in [1.54, 1.807) is 0 Å². The number of hydrogen-bond donors (Lipinski definition) is 3. The summed E-state index contributed by atoms with van der Waals surface area (Å²) in [5.74, 6) is -1.21. The van der Waals surface area contributed by atoms with Crippen LogP contribution in [0.4, 0.5) is 0 Å². The maximum absolute atomic E-state index is 12.0. The number of benzene rings is 1. The number of rotatable bonds is 7. The normalized spacial score (nSPS) is 13.0. The molecule has 0 aliphatic heterocycles. The number of sulfonamides is 1. The van der Waals surface area contributed by atoms with E-state index in [9.17, 15) is 13.2 Å². The average Bonchev–Trinajstić information content (AvgIpc) is 2.99. The minimum Gasteiger partial charge on any atom is -0.480 e. The van der Waals surface area contributed by atoms with Gasteiger partial charge in [-0.1, -0.05) is 30.3 Å². The Morgan fingerprint density at radius 3 is 2.57 bits per heavy atom. The summed E-state index contributed by atoms with van der Waals surface area (Å²) in [5.41, 5.74) is 0.949. The predicted octanol–water partition coefficient (Wildman–Crippen LogP) is 0.774. The molecule has 0 aliphatic rings. The van der Waals surface area contributed by atoms with E-state index < -0.39 is 22.0 Å². The molecule has 1 heterocycles. The highest BCUT2D eigenvalue weighted by Crippen LogP contribution is 2.09. The van der Waals surface area contributed by atoms with Gasteiger partial charge >= 0.3 is 5.97 Å². The molecule has 0 spiro atoms. The Morgan fingerprint density at radius 2 is 2.00 bits per heavy atom. The van der Waals surface area contributed by atoms with E-state index in [4.69, 9.17) is 5.11 Å². The largest absolute Gasteiger partial charge is 0.480 e. The van der Waals surface area contributed by atoms with E-state index in [2.05, 4.69) is 14.9 Å². The average molecular weight is 309 g/mol. The third-order valence-corrected chi connectivity index (χ3v) is 4.33. The highest BCUT2D eigenvalue weighted by atomic mass is 32.2. The monoisotopic (exact) mass is 309 g/mol. The number of H-pyrrole nitrogens is 1. The zero-order chi connectivity index (χ0) is 15.3. The lowest BCUT2D eigenvalue weighted by Crippen LogP contribution is -2.41.